The summed E-state index contributed by atoms with van der Waals surface area (Å²) in [5.41, 5.74) is 0. The van der Waals surface area contributed by atoms with Gasteiger partial charge in [-0.15, -0.1) is 11.3 Å². The molecule has 0 spiro atoms. The van der Waals surface area contributed by atoms with Crippen LogP contribution in [-0.4, -0.2) is 31.2 Å². The molecule has 72 valence electrons. The summed E-state index contributed by atoms with van der Waals surface area (Å²) in [6.45, 7) is 4.04. The van der Waals surface area contributed by atoms with Crippen LogP contribution >= 0.6 is 11.3 Å². The molecule has 2 nitrogen and oxygen atoms in total. The highest BCUT2D eigenvalue weighted by Crippen LogP contribution is 2.26. The van der Waals surface area contributed by atoms with Gasteiger partial charge in [0, 0.05) is 10.9 Å². The van der Waals surface area contributed by atoms with E-state index in [4.69, 9.17) is 4.74 Å². The molecule has 0 amide bonds. The van der Waals surface area contributed by atoms with Gasteiger partial charge in [0.2, 0.25) is 0 Å². The van der Waals surface area contributed by atoms with Crippen LogP contribution in [0.25, 0.3) is 0 Å². The standard InChI is InChI=1S/C10H15NOS/c1-8(10-4-3-5-13-10)11(2)9-6-12-7-9/h3-5,8-9H,6-7H2,1-2H3. The Morgan fingerprint density at radius 3 is 2.85 bits per heavy atom. The van der Waals surface area contributed by atoms with Crippen molar-refractivity contribution in [1.82, 2.24) is 4.90 Å². The quantitative estimate of drug-likeness (QED) is 0.736. The minimum Gasteiger partial charge on any atom is -0.378 e. The summed E-state index contributed by atoms with van der Waals surface area (Å²) in [6.07, 6.45) is 0. The Hall–Kier alpha value is -0.380. The van der Waals surface area contributed by atoms with Crippen LogP contribution in [0.1, 0.15) is 17.8 Å². The van der Waals surface area contributed by atoms with E-state index < -0.39 is 0 Å². The van der Waals surface area contributed by atoms with Crippen LogP contribution in [0.4, 0.5) is 0 Å². The van der Waals surface area contributed by atoms with Gasteiger partial charge in [-0.3, -0.25) is 4.90 Å². The van der Waals surface area contributed by atoms with Gasteiger partial charge in [0.05, 0.1) is 19.3 Å². The second kappa shape index (κ2) is 3.78. The largest absolute Gasteiger partial charge is 0.378 e. The fourth-order valence-electron chi connectivity index (χ4n) is 1.50. The molecule has 1 aromatic rings. The molecule has 1 unspecified atom stereocenters. The number of thiophene rings is 1. The number of hydrogen-bond donors (Lipinski definition) is 0. The van der Waals surface area contributed by atoms with Gasteiger partial charge in [0.15, 0.2) is 0 Å². The number of nitrogens with zero attached hydrogens (tertiary/aromatic N) is 1. The molecule has 1 atom stereocenters. The van der Waals surface area contributed by atoms with Crippen LogP contribution in [0.2, 0.25) is 0 Å². The fraction of sp³-hybridized carbons (Fsp3) is 0.600. The maximum atomic E-state index is 5.19. The zero-order chi connectivity index (χ0) is 9.26. The highest BCUT2D eigenvalue weighted by atomic mass is 32.1. The van der Waals surface area contributed by atoms with E-state index in [1.54, 1.807) is 0 Å². The maximum absolute atomic E-state index is 5.19. The first-order chi connectivity index (χ1) is 6.29. The first-order valence-electron chi connectivity index (χ1n) is 4.62. The summed E-state index contributed by atoms with van der Waals surface area (Å²) in [7, 11) is 2.18. The molecule has 0 aromatic carbocycles. The number of ether oxygens (including phenoxy) is 1. The molecule has 2 rings (SSSR count). The Labute approximate surface area is 83.1 Å². The van der Waals surface area contributed by atoms with Crippen LogP contribution in [0.3, 0.4) is 0 Å². The molecule has 0 saturated carbocycles. The Morgan fingerprint density at radius 1 is 1.62 bits per heavy atom. The van der Waals surface area contributed by atoms with Crippen molar-refractivity contribution in [3.8, 4) is 0 Å². The molecule has 2 heterocycles. The topological polar surface area (TPSA) is 12.5 Å². The van der Waals surface area contributed by atoms with Crippen molar-refractivity contribution in [3.05, 3.63) is 22.4 Å². The van der Waals surface area contributed by atoms with Crippen LogP contribution < -0.4 is 0 Å². The van der Waals surface area contributed by atoms with Crippen molar-refractivity contribution in [2.45, 2.75) is 19.0 Å². The SMILES string of the molecule is CC(c1cccs1)N(C)C1COC1. The lowest BCUT2D eigenvalue weighted by atomic mass is 10.1. The van der Waals surface area contributed by atoms with Gasteiger partial charge in [-0.05, 0) is 25.4 Å². The lowest BCUT2D eigenvalue weighted by molar-refractivity contribution is -0.0673. The van der Waals surface area contributed by atoms with Gasteiger partial charge in [-0.25, -0.2) is 0 Å². The molecule has 13 heavy (non-hydrogen) atoms. The summed E-state index contributed by atoms with van der Waals surface area (Å²) in [6, 6.07) is 5.46. The van der Waals surface area contributed by atoms with Crippen LogP contribution in [-0.2, 0) is 4.74 Å². The second-order valence-electron chi connectivity index (χ2n) is 3.55. The maximum Gasteiger partial charge on any atom is 0.0645 e. The van der Waals surface area contributed by atoms with E-state index in [1.807, 2.05) is 11.3 Å². The van der Waals surface area contributed by atoms with Crippen LogP contribution in [0.5, 0.6) is 0 Å². The minimum absolute atomic E-state index is 0.522. The number of rotatable bonds is 3. The molecule has 0 N–H and O–H groups in total. The molecule has 1 saturated heterocycles. The minimum atomic E-state index is 0.522. The lowest BCUT2D eigenvalue weighted by Gasteiger charge is -2.38. The molecule has 3 heteroatoms. The number of likely N-dealkylation sites (N-methyl/N-ethyl adjacent to an activating group) is 1. The van der Waals surface area contributed by atoms with E-state index in [1.165, 1.54) is 4.88 Å². The normalized spacial score (nSPS) is 20.2. The van der Waals surface area contributed by atoms with Gasteiger partial charge in [0.25, 0.3) is 0 Å². The highest BCUT2D eigenvalue weighted by molar-refractivity contribution is 7.10. The van der Waals surface area contributed by atoms with E-state index in [2.05, 4.69) is 36.4 Å². The Kier molecular flexibility index (Phi) is 2.67. The molecule has 0 bridgehead atoms. The molecular formula is C10H15NOS. The van der Waals surface area contributed by atoms with Crippen molar-refractivity contribution >= 4 is 11.3 Å². The third kappa shape index (κ3) is 1.77. The molecule has 0 aliphatic carbocycles. The fourth-order valence-corrected chi connectivity index (χ4v) is 2.34. The first kappa shape index (κ1) is 9.19. The predicted octanol–water partition coefficient (Wildman–Crippen LogP) is 2.14. The van der Waals surface area contributed by atoms with Gasteiger partial charge < -0.3 is 4.74 Å². The molecule has 1 aliphatic heterocycles. The Bertz CT molecular complexity index is 256. The third-order valence-corrected chi connectivity index (χ3v) is 3.80. The van der Waals surface area contributed by atoms with Gasteiger partial charge in [-0.1, -0.05) is 6.07 Å². The van der Waals surface area contributed by atoms with Gasteiger partial charge in [-0.2, -0.15) is 0 Å². The predicted molar refractivity (Wildman–Crippen MR) is 55.1 cm³/mol. The summed E-state index contributed by atoms with van der Waals surface area (Å²) < 4.78 is 5.19. The zero-order valence-corrected chi connectivity index (χ0v) is 8.88. The van der Waals surface area contributed by atoms with E-state index in [0.29, 0.717) is 12.1 Å². The van der Waals surface area contributed by atoms with Crippen molar-refractivity contribution in [2.24, 2.45) is 0 Å². The van der Waals surface area contributed by atoms with Crippen molar-refractivity contribution in [2.75, 3.05) is 20.3 Å². The monoisotopic (exact) mass is 197 g/mol. The summed E-state index contributed by atoms with van der Waals surface area (Å²) >= 11 is 1.83. The lowest BCUT2D eigenvalue weighted by Crippen LogP contribution is -2.47. The average molecular weight is 197 g/mol. The zero-order valence-electron chi connectivity index (χ0n) is 8.06. The average Bonchev–Trinajstić information content (AvgIpc) is 2.51. The summed E-state index contributed by atoms with van der Waals surface area (Å²) in [4.78, 5) is 3.84. The summed E-state index contributed by atoms with van der Waals surface area (Å²) in [5, 5.41) is 2.14. The Balaban J connectivity index is 1.99. The molecular weight excluding hydrogens is 182 g/mol. The van der Waals surface area contributed by atoms with Gasteiger partial charge >= 0.3 is 0 Å². The van der Waals surface area contributed by atoms with E-state index in [0.717, 1.165) is 13.2 Å². The first-order valence-corrected chi connectivity index (χ1v) is 5.50. The highest BCUT2D eigenvalue weighted by Gasteiger charge is 2.27. The van der Waals surface area contributed by atoms with Crippen molar-refractivity contribution in [1.29, 1.82) is 0 Å². The second-order valence-corrected chi connectivity index (χ2v) is 4.53. The molecule has 1 fully saturated rings. The third-order valence-electron chi connectivity index (χ3n) is 2.76. The van der Waals surface area contributed by atoms with Crippen LogP contribution in [0.15, 0.2) is 17.5 Å². The summed E-state index contributed by atoms with van der Waals surface area (Å²) in [5.74, 6) is 0. The molecule has 0 radical (unpaired) electrons. The molecule has 1 aliphatic rings. The smallest absolute Gasteiger partial charge is 0.0645 e. The van der Waals surface area contributed by atoms with Crippen molar-refractivity contribution in [3.63, 3.8) is 0 Å². The molecule has 1 aromatic heterocycles. The van der Waals surface area contributed by atoms with Gasteiger partial charge in [0.1, 0.15) is 0 Å². The number of hydrogen-bond acceptors (Lipinski definition) is 3. The Morgan fingerprint density at radius 2 is 2.38 bits per heavy atom. The van der Waals surface area contributed by atoms with Crippen LogP contribution in [0, 0.1) is 0 Å². The van der Waals surface area contributed by atoms with E-state index in [9.17, 15) is 0 Å². The van der Waals surface area contributed by atoms with E-state index >= 15 is 0 Å². The van der Waals surface area contributed by atoms with E-state index in [-0.39, 0.29) is 0 Å². The van der Waals surface area contributed by atoms with Crippen molar-refractivity contribution < 1.29 is 4.74 Å².